The van der Waals surface area contributed by atoms with Crippen molar-refractivity contribution in [3.63, 3.8) is 0 Å². The van der Waals surface area contributed by atoms with Crippen LogP contribution in [0.4, 0.5) is 0 Å². The van der Waals surface area contributed by atoms with Crippen molar-refractivity contribution in [2.75, 3.05) is 0 Å². The van der Waals surface area contributed by atoms with Gasteiger partial charge in [-0.25, -0.2) is 44.9 Å². The Kier molecular flexibility index (Phi) is 15.9. The fraction of sp³-hybridized carbons (Fsp3) is 0.0235. The molecule has 0 spiro atoms. The topological polar surface area (TPSA) is 138 Å². The molecule has 2 aliphatic rings. The molecular formula is C85H59N11. The van der Waals surface area contributed by atoms with Crippen molar-refractivity contribution in [1.29, 1.82) is 0 Å². The minimum atomic E-state index is -0.458. The third kappa shape index (κ3) is 12.6. The monoisotopic (exact) mass is 1230 g/mol. The zero-order valence-corrected chi connectivity index (χ0v) is 51.9. The molecular weight excluding hydrogens is 1180 g/mol. The van der Waals surface area contributed by atoms with Gasteiger partial charge in [-0.3, -0.25) is 0 Å². The molecule has 2 unspecified atom stereocenters. The second kappa shape index (κ2) is 26.3. The fourth-order valence-electron chi connectivity index (χ4n) is 12.1. The summed E-state index contributed by atoms with van der Waals surface area (Å²) in [5.74, 6) is 5.14. The van der Waals surface area contributed by atoms with Gasteiger partial charge in [0.2, 0.25) is 0 Å². The number of hydrogen-bond acceptors (Lipinski definition) is 11. The molecule has 2 aliphatic heterocycles. The van der Waals surface area contributed by atoms with Crippen LogP contribution in [0.15, 0.2) is 354 Å². The molecule has 0 amide bonds. The van der Waals surface area contributed by atoms with Crippen molar-refractivity contribution >= 4 is 23.3 Å². The van der Waals surface area contributed by atoms with Gasteiger partial charge in [-0.15, -0.1) is 0 Å². The highest BCUT2D eigenvalue weighted by atomic mass is 15.2. The minimum Gasteiger partial charge on any atom is -0.344 e. The molecule has 0 saturated heterocycles. The average Bonchev–Trinajstić information content (AvgIpc) is 0.873. The van der Waals surface area contributed by atoms with Gasteiger partial charge < -0.3 is 10.6 Å². The van der Waals surface area contributed by atoms with Crippen LogP contribution < -0.4 is 10.6 Å². The Balaban J connectivity index is 0.707. The van der Waals surface area contributed by atoms with Gasteiger partial charge in [-0.2, -0.15) is 0 Å². The maximum absolute atomic E-state index is 5.39. The van der Waals surface area contributed by atoms with E-state index in [-0.39, 0.29) is 6.17 Å². The predicted molar refractivity (Wildman–Crippen MR) is 388 cm³/mol. The molecule has 4 heterocycles. The van der Waals surface area contributed by atoms with E-state index in [1.54, 1.807) is 0 Å². The van der Waals surface area contributed by atoms with Crippen LogP contribution in [0, 0.1) is 0 Å². The SMILES string of the molecule is c1ccc(C2=NC(c3cccc(-c4cccc(-c5nc(-c6ccccc6)nc(-c6cccc(-c7cccc(C8=NC(c9cccc(-c%10cccc(-c%11cc(-c%12ccccc%12)nc(-c%12ccccc%12)n%11)c%10)c9)NC(c9ccccc9)=N8)c7)c6)n5)c4)c3)NC(c3ccccc3)=N2)cc1. The van der Waals surface area contributed by atoms with Crippen molar-refractivity contribution in [3.05, 3.63) is 367 Å². The highest BCUT2D eigenvalue weighted by Gasteiger charge is 2.25. The van der Waals surface area contributed by atoms with E-state index in [0.29, 0.717) is 35.0 Å². The summed E-state index contributed by atoms with van der Waals surface area (Å²) in [6, 6.07) is 114. The first-order chi connectivity index (χ1) is 47.5. The molecule has 2 atom stereocenters. The third-order valence-electron chi connectivity index (χ3n) is 17.0. The summed E-state index contributed by atoms with van der Waals surface area (Å²) in [7, 11) is 0. The first kappa shape index (κ1) is 58.1. The zero-order chi connectivity index (χ0) is 64.0. The number of hydrogen-bond donors (Lipinski definition) is 2. The number of amidine groups is 4. The average molecular weight is 1230 g/mol. The van der Waals surface area contributed by atoms with Gasteiger partial charge in [-0.1, -0.05) is 291 Å². The normalized spacial score (nSPS) is 14.2. The lowest BCUT2D eigenvalue weighted by molar-refractivity contribution is 0.674. The van der Waals surface area contributed by atoms with Gasteiger partial charge in [0.25, 0.3) is 0 Å². The predicted octanol–water partition coefficient (Wildman–Crippen LogP) is 18.7. The van der Waals surface area contributed by atoms with E-state index in [9.17, 15) is 0 Å². The summed E-state index contributed by atoms with van der Waals surface area (Å²) in [5, 5.41) is 7.33. The molecule has 0 bridgehead atoms. The molecule has 0 aliphatic carbocycles. The Bertz CT molecular complexity index is 5230. The molecule has 2 aromatic heterocycles. The first-order valence-electron chi connectivity index (χ1n) is 32.0. The highest BCUT2D eigenvalue weighted by molar-refractivity contribution is 6.14. The minimum absolute atomic E-state index is 0.380. The summed E-state index contributed by atoms with van der Waals surface area (Å²) in [4.78, 5) is 46.6. The highest BCUT2D eigenvalue weighted by Crippen LogP contribution is 2.36. The van der Waals surface area contributed by atoms with E-state index in [2.05, 4.69) is 211 Å². The standard InChI is InChI=1S/C85H59N11/c1-7-25-56(26-8-1)74-55-75(87-76(86-74)57-27-9-2-10-28-57)68-43-19-37-62(49-68)63-38-20-45-70(50-63)82-91-79(60-33-15-5-16-34-60)92-83(95-82)72-47-23-41-66(53-72)67-42-24-48-73(54-67)85-94-80(61-35-17-6-18-36-61)93-84(96-85)71-46-22-40-65(52-71)64-39-21-44-69(51-64)81-89-77(58-29-11-3-12-30-58)88-78(90-81)59-31-13-4-14-32-59/h1-55,81-82H,(H,88,89,90)(H,91,92,95). The maximum atomic E-state index is 5.39. The van der Waals surface area contributed by atoms with Crippen molar-refractivity contribution < 1.29 is 0 Å². The lowest BCUT2D eigenvalue weighted by atomic mass is 9.98. The van der Waals surface area contributed by atoms with Crippen molar-refractivity contribution in [2.45, 2.75) is 12.3 Å². The molecule has 16 rings (SSSR count). The van der Waals surface area contributed by atoms with Crippen LogP contribution in [0.25, 0.3) is 101 Å². The van der Waals surface area contributed by atoms with Crippen LogP contribution in [-0.2, 0) is 0 Å². The molecule has 0 saturated carbocycles. The summed E-state index contributed by atoms with van der Waals surface area (Å²) in [6.07, 6.45) is -0.838. The zero-order valence-electron chi connectivity index (χ0n) is 51.9. The maximum Gasteiger partial charge on any atom is 0.164 e. The van der Waals surface area contributed by atoms with Gasteiger partial charge in [0.1, 0.15) is 24.0 Å². The van der Waals surface area contributed by atoms with Gasteiger partial charge in [0, 0.05) is 55.6 Å². The van der Waals surface area contributed by atoms with E-state index >= 15 is 0 Å². The second-order valence-corrected chi connectivity index (χ2v) is 23.5. The van der Waals surface area contributed by atoms with Gasteiger partial charge in [0.05, 0.1) is 11.4 Å². The molecule has 454 valence electrons. The lowest BCUT2D eigenvalue weighted by Crippen LogP contribution is -2.33. The Morgan fingerprint density at radius 3 is 0.917 bits per heavy atom. The van der Waals surface area contributed by atoms with E-state index in [0.717, 1.165) is 123 Å². The first-order valence-corrected chi connectivity index (χ1v) is 32.0. The molecule has 14 aromatic rings. The fourth-order valence-corrected chi connectivity index (χ4v) is 12.1. The summed E-state index contributed by atoms with van der Waals surface area (Å²) in [6.45, 7) is 0. The smallest absolute Gasteiger partial charge is 0.164 e. The largest absolute Gasteiger partial charge is 0.344 e. The Morgan fingerprint density at radius 1 is 0.198 bits per heavy atom. The van der Waals surface area contributed by atoms with Crippen molar-refractivity contribution in [3.8, 4) is 101 Å². The summed E-state index contributed by atoms with van der Waals surface area (Å²) < 4.78 is 0. The molecule has 96 heavy (non-hydrogen) atoms. The van der Waals surface area contributed by atoms with Crippen LogP contribution in [0.1, 0.15) is 45.7 Å². The number of aromatic nitrogens is 5. The Morgan fingerprint density at radius 2 is 0.479 bits per heavy atom. The molecule has 2 N–H and O–H groups in total. The Labute approximate surface area is 556 Å². The summed E-state index contributed by atoms with van der Waals surface area (Å²) >= 11 is 0. The van der Waals surface area contributed by atoms with Crippen LogP contribution in [0.3, 0.4) is 0 Å². The molecule has 0 radical (unpaired) electrons. The molecule has 12 aromatic carbocycles. The van der Waals surface area contributed by atoms with Gasteiger partial charge in [0.15, 0.2) is 35.0 Å². The van der Waals surface area contributed by atoms with Crippen LogP contribution in [0.2, 0.25) is 0 Å². The Hall–Kier alpha value is -13.0. The van der Waals surface area contributed by atoms with Crippen molar-refractivity contribution in [2.24, 2.45) is 20.0 Å². The second-order valence-electron chi connectivity index (χ2n) is 23.5. The van der Waals surface area contributed by atoms with E-state index in [1.165, 1.54) is 0 Å². The van der Waals surface area contributed by atoms with E-state index in [4.69, 9.17) is 44.9 Å². The van der Waals surface area contributed by atoms with Gasteiger partial charge >= 0.3 is 0 Å². The van der Waals surface area contributed by atoms with Gasteiger partial charge in [-0.05, 0) is 87.0 Å². The van der Waals surface area contributed by atoms with Crippen molar-refractivity contribution in [1.82, 2.24) is 35.6 Å². The van der Waals surface area contributed by atoms with E-state index in [1.807, 2.05) is 133 Å². The summed E-state index contributed by atoms with van der Waals surface area (Å²) in [5.41, 5.74) is 19.1. The van der Waals surface area contributed by atoms with Crippen LogP contribution in [-0.4, -0.2) is 48.3 Å². The molecule has 11 heteroatoms. The van der Waals surface area contributed by atoms with Crippen LogP contribution >= 0.6 is 0 Å². The number of nitrogens with zero attached hydrogens (tertiary/aromatic N) is 9. The van der Waals surface area contributed by atoms with E-state index < -0.39 is 6.17 Å². The van der Waals surface area contributed by atoms with Crippen LogP contribution in [0.5, 0.6) is 0 Å². The quantitative estimate of drug-likeness (QED) is 0.104. The third-order valence-corrected chi connectivity index (χ3v) is 17.0. The molecule has 0 fully saturated rings. The number of nitrogens with one attached hydrogen (secondary N) is 2. The lowest BCUT2D eigenvalue weighted by Gasteiger charge is -2.24. The number of benzene rings is 12. The number of aliphatic imine (C=N–C) groups is 4. The molecule has 11 nitrogen and oxygen atoms in total. The number of rotatable bonds is 15.